The molecule has 0 saturated heterocycles. The van der Waals surface area contributed by atoms with E-state index in [0.717, 1.165) is 18.8 Å². The van der Waals surface area contributed by atoms with Crippen molar-refractivity contribution in [1.82, 2.24) is 0 Å². The van der Waals surface area contributed by atoms with E-state index < -0.39 is 0 Å². The van der Waals surface area contributed by atoms with Crippen LogP contribution < -0.4 is 16.0 Å². The standard InChI is InChI=1S/C16H27N3O/c1-5-19(6-2)14-9-7-13(8-10-14)18-16(20)15(11-17)12(3)4/h7-10,12,15H,5-6,11,17H2,1-4H3,(H,18,20). The van der Waals surface area contributed by atoms with Gasteiger partial charge in [-0.25, -0.2) is 0 Å². The van der Waals surface area contributed by atoms with Crippen LogP contribution in [0.1, 0.15) is 27.7 Å². The molecular weight excluding hydrogens is 250 g/mol. The average molecular weight is 277 g/mol. The summed E-state index contributed by atoms with van der Waals surface area (Å²) in [4.78, 5) is 14.4. The molecule has 0 spiro atoms. The molecule has 4 nitrogen and oxygen atoms in total. The van der Waals surface area contributed by atoms with Crippen molar-refractivity contribution in [1.29, 1.82) is 0 Å². The third-order valence-electron chi connectivity index (χ3n) is 3.66. The van der Waals surface area contributed by atoms with E-state index in [4.69, 9.17) is 5.73 Å². The van der Waals surface area contributed by atoms with Gasteiger partial charge in [0.25, 0.3) is 0 Å². The molecule has 0 bridgehead atoms. The number of hydrogen-bond acceptors (Lipinski definition) is 3. The Morgan fingerprint density at radius 1 is 1.20 bits per heavy atom. The van der Waals surface area contributed by atoms with Gasteiger partial charge in [0.1, 0.15) is 0 Å². The van der Waals surface area contributed by atoms with Crippen LogP contribution in [-0.2, 0) is 4.79 Å². The molecule has 3 N–H and O–H groups in total. The van der Waals surface area contributed by atoms with Crippen LogP contribution in [0.2, 0.25) is 0 Å². The summed E-state index contributed by atoms with van der Waals surface area (Å²) in [6.45, 7) is 10.6. The van der Waals surface area contributed by atoms with Crippen molar-refractivity contribution in [2.75, 3.05) is 29.9 Å². The number of hydrogen-bond donors (Lipinski definition) is 2. The minimum Gasteiger partial charge on any atom is -0.372 e. The highest BCUT2D eigenvalue weighted by atomic mass is 16.1. The SMILES string of the molecule is CCN(CC)c1ccc(NC(=O)C(CN)C(C)C)cc1. The normalized spacial score (nSPS) is 12.3. The van der Waals surface area contributed by atoms with Crippen molar-refractivity contribution in [2.24, 2.45) is 17.6 Å². The Labute approximate surface area is 122 Å². The summed E-state index contributed by atoms with van der Waals surface area (Å²) in [7, 11) is 0. The second-order valence-electron chi connectivity index (χ2n) is 5.29. The minimum absolute atomic E-state index is 0.00177. The number of carbonyl (C=O) groups excluding carboxylic acids is 1. The molecule has 4 heteroatoms. The summed E-state index contributed by atoms with van der Waals surface area (Å²) in [6.07, 6.45) is 0. The van der Waals surface area contributed by atoms with Crippen LogP contribution in [0.3, 0.4) is 0 Å². The third kappa shape index (κ3) is 4.23. The van der Waals surface area contributed by atoms with Gasteiger partial charge >= 0.3 is 0 Å². The first-order valence-corrected chi connectivity index (χ1v) is 7.39. The van der Waals surface area contributed by atoms with Crippen molar-refractivity contribution in [3.8, 4) is 0 Å². The first-order chi connectivity index (χ1) is 9.53. The first-order valence-electron chi connectivity index (χ1n) is 7.39. The molecule has 0 aliphatic heterocycles. The lowest BCUT2D eigenvalue weighted by Gasteiger charge is -2.22. The van der Waals surface area contributed by atoms with Gasteiger partial charge in [0.2, 0.25) is 5.91 Å². The summed E-state index contributed by atoms with van der Waals surface area (Å²) >= 11 is 0. The number of nitrogens with zero attached hydrogens (tertiary/aromatic N) is 1. The summed E-state index contributed by atoms with van der Waals surface area (Å²) in [5.74, 6) is 0.102. The molecule has 1 amide bonds. The molecule has 0 heterocycles. The molecule has 0 aliphatic carbocycles. The van der Waals surface area contributed by atoms with Gasteiger partial charge in [-0.2, -0.15) is 0 Å². The van der Waals surface area contributed by atoms with Crippen molar-refractivity contribution >= 4 is 17.3 Å². The molecule has 1 aromatic carbocycles. The van der Waals surface area contributed by atoms with E-state index in [1.807, 2.05) is 38.1 Å². The molecule has 1 aromatic rings. The maximum Gasteiger partial charge on any atom is 0.229 e. The van der Waals surface area contributed by atoms with Crippen molar-refractivity contribution < 1.29 is 4.79 Å². The van der Waals surface area contributed by atoms with E-state index in [-0.39, 0.29) is 17.7 Å². The lowest BCUT2D eigenvalue weighted by Crippen LogP contribution is -2.33. The lowest BCUT2D eigenvalue weighted by atomic mass is 9.95. The van der Waals surface area contributed by atoms with Gasteiger partial charge in [-0.05, 0) is 44.0 Å². The monoisotopic (exact) mass is 277 g/mol. The van der Waals surface area contributed by atoms with Crippen molar-refractivity contribution in [2.45, 2.75) is 27.7 Å². The van der Waals surface area contributed by atoms with Crippen LogP contribution in [-0.4, -0.2) is 25.5 Å². The smallest absolute Gasteiger partial charge is 0.229 e. The van der Waals surface area contributed by atoms with E-state index in [1.165, 1.54) is 5.69 Å². The number of anilines is 2. The van der Waals surface area contributed by atoms with Gasteiger partial charge in [-0.1, -0.05) is 13.8 Å². The number of nitrogens with two attached hydrogens (primary N) is 1. The Kier molecular flexibility index (Phi) is 6.52. The second-order valence-corrected chi connectivity index (χ2v) is 5.29. The molecular formula is C16H27N3O. The molecule has 0 saturated carbocycles. The fourth-order valence-electron chi connectivity index (χ4n) is 2.26. The maximum absolute atomic E-state index is 12.1. The van der Waals surface area contributed by atoms with Gasteiger partial charge in [-0.3, -0.25) is 4.79 Å². The van der Waals surface area contributed by atoms with Crippen LogP contribution in [0.15, 0.2) is 24.3 Å². The fraction of sp³-hybridized carbons (Fsp3) is 0.562. The molecule has 1 unspecified atom stereocenters. The molecule has 0 aromatic heterocycles. The van der Waals surface area contributed by atoms with Gasteiger partial charge < -0.3 is 16.0 Å². The predicted octanol–water partition coefficient (Wildman–Crippen LogP) is 2.70. The van der Waals surface area contributed by atoms with E-state index in [0.29, 0.717) is 6.54 Å². The summed E-state index contributed by atoms with van der Waals surface area (Å²) < 4.78 is 0. The number of rotatable bonds is 7. The summed E-state index contributed by atoms with van der Waals surface area (Å²) in [6, 6.07) is 7.96. The first kappa shape index (κ1) is 16.5. The zero-order valence-corrected chi connectivity index (χ0v) is 13.0. The van der Waals surface area contributed by atoms with E-state index in [2.05, 4.69) is 24.1 Å². The predicted molar refractivity (Wildman–Crippen MR) is 86.0 cm³/mol. The molecule has 20 heavy (non-hydrogen) atoms. The van der Waals surface area contributed by atoms with Crippen LogP contribution in [0.25, 0.3) is 0 Å². The number of amides is 1. The summed E-state index contributed by atoms with van der Waals surface area (Å²) in [5, 5.41) is 2.94. The van der Waals surface area contributed by atoms with Gasteiger partial charge in [0.05, 0.1) is 5.92 Å². The van der Waals surface area contributed by atoms with Crippen LogP contribution in [0, 0.1) is 11.8 Å². The Bertz CT molecular complexity index is 410. The highest BCUT2D eigenvalue weighted by Gasteiger charge is 2.20. The van der Waals surface area contributed by atoms with Crippen molar-refractivity contribution in [3.63, 3.8) is 0 Å². The number of benzene rings is 1. The maximum atomic E-state index is 12.1. The number of carbonyl (C=O) groups is 1. The zero-order valence-electron chi connectivity index (χ0n) is 13.0. The van der Waals surface area contributed by atoms with E-state index in [1.54, 1.807) is 0 Å². The Balaban J connectivity index is 2.72. The van der Waals surface area contributed by atoms with Crippen LogP contribution >= 0.6 is 0 Å². The highest BCUT2D eigenvalue weighted by molar-refractivity contribution is 5.93. The van der Waals surface area contributed by atoms with Crippen LogP contribution in [0.4, 0.5) is 11.4 Å². The highest BCUT2D eigenvalue weighted by Crippen LogP contribution is 2.19. The molecule has 1 atom stereocenters. The average Bonchev–Trinajstić information content (AvgIpc) is 2.42. The van der Waals surface area contributed by atoms with Crippen LogP contribution in [0.5, 0.6) is 0 Å². The molecule has 112 valence electrons. The van der Waals surface area contributed by atoms with Gasteiger partial charge in [0, 0.05) is 31.0 Å². The molecule has 1 rings (SSSR count). The summed E-state index contributed by atoms with van der Waals surface area (Å²) in [5.41, 5.74) is 7.66. The fourth-order valence-corrected chi connectivity index (χ4v) is 2.26. The van der Waals surface area contributed by atoms with E-state index in [9.17, 15) is 4.79 Å². The van der Waals surface area contributed by atoms with E-state index >= 15 is 0 Å². The van der Waals surface area contributed by atoms with Crippen molar-refractivity contribution in [3.05, 3.63) is 24.3 Å². The number of nitrogens with one attached hydrogen (secondary N) is 1. The van der Waals surface area contributed by atoms with Gasteiger partial charge in [-0.15, -0.1) is 0 Å². The Hall–Kier alpha value is -1.55. The molecule has 0 fully saturated rings. The lowest BCUT2D eigenvalue weighted by molar-refractivity contribution is -0.120. The topological polar surface area (TPSA) is 58.4 Å². The zero-order chi connectivity index (χ0) is 15.1. The minimum atomic E-state index is -0.141. The Morgan fingerprint density at radius 3 is 2.15 bits per heavy atom. The van der Waals surface area contributed by atoms with Gasteiger partial charge in [0.15, 0.2) is 0 Å². The molecule has 0 radical (unpaired) electrons. The Morgan fingerprint density at radius 2 is 1.75 bits per heavy atom. The molecule has 0 aliphatic rings. The largest absolute Gasteiger partial charge is 0.372 e. The quantitative estimate of drug-likeness (QED) is 0.805. The third-order valence-corrected chi connectivity index (χ3v) is 3.66. The second kappa shape index (κ2) is 7.90.